The molecule has 0 aliphatic heterocycles. The molecule has 0 radical (unpaired) electrons. The Morgan fingerprint density at radius 3 is 2.53 bits per heavy atom. The van der Waals surface area contributed by atoms with Gasteiger partial charge in [0.15, 0.2) is 5.76 Å². The molecule has 7 heteroatoms. The average molecular weight is 274 g/mol. The minimum atomic E-state index is -4.55. The molecule has 0 aliphatic carbocycles. The molecule has 1 unspecified atom stereocenters. The molecule has 0 fully saturated rings. The summed E-state index contributed by atoms with van der Waals surface area (Å²) >= 11 is 0. The first-order chi connectivity index (χ1) is 8.79. The third-order valence-electron chi connectivity index (χ3n) is 2.47. The van der Waals surface area contributed by atoms with Crippen molar-refractivity contribution in [1.82, 2.24) is 4.98 Å². The highest BCUT2D eigenvalue weighted by Crippen LogP contribution is 2.34. The number of hydrogen-bond acceptors (Lipinski definition) is 3. The second-order valence-electron chi connectivity index (χ2n) is 4.04. The highest BCUT2D eigenvalue weighted by atomic mass is 19.4. The predicted molar refractivity (Wildman–Crippen MR) is 59.5 cm³/mol. The number of rotatable bonds is 2. The van der Waals surface area contributed by atoms with E-state index in [0.29, 0.717) is 12.1 Å². The summed E-state index contributed by atoms with van der Waals surface area (Å²) < 4.78 is 56.4. The molecule has 2 N–H and O–H groups in total. The van der Waals surface area contributed by atoms with Crippen molar-refractivity contribution in [3.05, 3.63) is 41.7 Å². The Labute approximate surface area is 106 Å². The van der Waals surface area contributed by atoms with Gasteiger partial charge in [-0.05, 0) is 25.1 Å². The van der Waals surface area contributed by atoms with E-state index in [1.54, 1.807) is 6.92 Å². The molecule has 2 aromatic rings. The van der Waals surface area contributed by atoms with Crippen LogP contribution in [0.1, 0.15) is 24.4 Å². The summed E-state index contributed by atoms with van der Waals surface area (Å²) in [5.74, 6) is -0.775. The standard InChI is InChI=1S/C12H10F4N2O/c1-6(17)11-18-5-10(19-11)8-4-7(12(14,15)16)2-3-9(8)13/h2-6H,17H2,1H3. The van der Waals surface area contributed by atoms with Crippen molar-refractivity contribution >= 4 is 0 Å². The monoisotopic (exact) mass is 274 g/mol. The molecule has 1 aromatic heterocycles. The largest absolute Gasteiger partial charge is 0.439 e. The zero-order valence-corrected chi connectivity index (χ0v) is 9.83. The number of halogens is 4. The van der Waals surface area contributed by atoms with Gasteiger partial charge < -0.3 is 10.2 Å². The van der Waals surface area contributed by atoms with Gasteiger partial charge >= 0.3 is 6.18 Å². The van der Waals surface area contributed by atoms with Crippen LogP contribution < -0.4 is 5.73 Å². The van der Waals surface area contributed by atoms with Gasteiger partial charge in [0.25, 0.3) is 0 Å². The van der Waals surface area contributed by atoms with Crippen LogP contribution in [0.4, 0.5) is 17.6 Å². The first kappa shape index (κ1) is 13.5. The summed E-state index contributed by atoms with van der Waals surface area (Å²) in [6.45, 7) is 1.60. The van der Waals surface area contributed by atoms with Crippen LogP contribution in [0.3, 0.4) is 0 Å². The molecule has 0 aliphatic rings. The number of benzene rings is 1. The summed E-state index contributed by atoms with van der Waals surface area (Å²) in [6, 6.07) is 1.57. The van der Waals surface area contributed by atoms with E-state index in [1.165, 1.54) is 0 Å². The molecule has 102 valence electrons. The summed E-state index contributed by atoms with van der Waals surface area (Å²) in [6.07, 6.45) is -3.40. The zero-order valence-electron chi connectivity index (χ0n) is 9.83. The first-order valence-electron chi connectivity index (χ1n) is 5.37. The van der Waals surface area contributed by atoms with Gasteiger partial charge in [-0.3, -0.25) is 0 Å². The van der Waals surface area contributed by atoms with E-state index < -0.39 is 23.6 Å². The number of aromatic nitrogens is 1. The zero-order chi connectivity index (χ0) is 14.2. The van der Waals surface area contributed by atoms with Crippen LogP contribution in [0.5, 0.6) is 0 Å². The van der Waals surface area contributed by atoms with Crippen molar-refractivity contribution in [2.45, 2.75) is 19.1 Å². The second kappa shape index (κ2) is 4.65. The van der Waals surface area contributed by atoms with Crippen LogP contribution in [0.15, 0.2) is 28.8 Å². The van der Waals surface area contributed by atoms with Crippen LogP contribution in [-0.2, 0) is 6.18 Å². The number of hydrogen-bond donors (Lipinski definition) is 1. The molecule has 0 spiro atoms. The lowest BCUT2D eigenvalue weighted by atomic mass is 10.1. The second-order valence-corrected chi connectivity index (χ2v) is 4.04. The highest BCUT2D eigenvalue weighted by molar-refractivity contribution is 5.58. The van der Waals surface area contributed by atoms with Crippen molar-refractivity contribution in [3.8, 4) is 11.3 Å². The fraction of sp³-hybridized carbons (Fsp3) is 0.250. The van der Waals surface area contributed by atoms with Gasteiger partial charge in [0.1, 0.15) is 5.82 Å². The minimum absolute atomic E-state index is 0.0871. The van der Waals surface area contributed by atoms with E-state index in [9.17, 15) is 17.6 Å². The lowest BCUT2D eigenvalue weighted by Gasteiger charge is -2.08. The van der Waals surface area contributed by atoms with Crippen LogP contribution in [0.2, 0.25) is 0 Å². The first-order valence-corrected chi connectivity index (χ1v) is 5.37. The smallest absolute Gasteiger partial charge is 0.416 e. The number of alkyl halides is 3. The topological polar surface area (TPSA) is 52.0 Å². The van der Waals surface area contributed by atoms with E-state index in [-0.39, 0.29) is 17.2 Å². The Kier molecular flexibility index (Phi) is 3.32. The van der Waals surface area contributed by atoms with Crippen LogP contribution in [-0.4, -0.2) is 4.98 Å². The molecule has 2 rings (SSSR count). The third-order valence-corrected chi connectivity index (χ3v) is 2.47. The fourth-order valence-corrected chi connectivity index (χ4v) is 1.51. The fourth-order valence-electron chi connectivity index (χ4n) is 1.51. The van der Waals surface area contributed by atoms with Crippen molar-refractivity contribution in [3.63, 3.8) is 0 Å². The molecule has 0 saturated heterocycles. The van der Waals surface area contributed by atoms with Crippen LogP contribution in [0.25, 0.3) is 11.3 Å². The Morgan fingerprint density at radius 1 is 1.32 bits per heavy atom. The van der Waals surface area contributed by atoms with E-state index in [0.717, 1.165) is 12.3 Å². The minimum Gasteiger partial charge on any atom is -0.439 e. The normalized spacial score (nSPS) is 13.6. The molecular weight excluding hydrogens is 264 g/mol. The summed E-state index contributed by atoms with van der Waals surface area (Å²) in [7, 11) is 0. The Hall–Kier alpha value is -1.89. The van der Waals surface area contributed by atoms with E-state index >= 15 is 0 Å². The Morgan fingerprint density at radius 2 is 2.00 bits per heavy atom. The van der Waals surface area contributed by atoms with E-state index in [2.05, 4.69) is 4.98 Å². The van der Waals surface area contributed by atoms with Gasteiger partial charge in [0.2, 0.25) is 5.89 Å². The maximum atomic E-state index is 13.6. The SMILES string of the molecule is CC(N)c1ncc(-c2cc(C(F)(F)F)ccc2F)o1. The average Bonchev–Trinajstić information content (AvgIpc) is 2.77. The number of nitrogens with two attached hydrogens (primary N) is 1. The molecule has 1 heterocycles. The highest BCUT2D eigenvalue weighted by Gasteiger charge is 2.31. The van der Waals surface area contributed by atoms with Crippen LogP contribution in [0, 0.1) is 5.82 Å². The van der Waals surface area contributed by atoms with Crippen molar-refractivity contribution in [2.24, 2.45) is 5.73 Å². The van der Waals surface area contributed by atoms with E-state index in [1.807, 2.05) is 0 Å². The van der Waals surface area contributed by atoms with Gasteiger partial charge in [-0.25, -0.2) is 9.37 Å². The van der Waals surface area contributed by atoms with Crippen molar-refractivity contribution in [1.29, 1.82) is 0 Å². The van der Waals surface area contributed by atoms with Crippen molar-refractivity contribution < 1.29 is 22.0 Å². The molecular formula is C12H10F4N2O. The lowest BCUT2D eigenvalue weighted by molar-refractivity contribution is -0.137. The maximum absolute atomic E-state index is 13.6. The Bertz CT molecular complexity index is 590. The van der Waals surface area contributed by atoms with Gasteiger partial charge in [-0.1, -0.05) is 0 Å². The third kappa shape index (κ3) is 2.76. The Balaban J connectivity index is 2.48. The molecule has 1 aromatic carbocycles. The molecule has 0 amide bonds. The molecule has 1 atom stereocenters. The number of oxazole rings is 1. The van der Waals surface area contributed by atoms with Gasteiger partial charge in [-0.15, -0.1) is 0 Å². The van der Waals surface area contributed by atoms with Gasteiger partial charge in [0.05, 0.1) is 23.4 Å². The quantitative estimate of drug-likeness (QED) is 0.852. The lowest BCUT2D eigenvalue weighted by Crippen LogP contribution is -2.05. The van der Waals surface area contributed by atoms with E-state index in [4.69, 9.17) is 10.2 Å². The summed E-state index contributed by atoms with van der Waals surface area (Å²) in [5.41, 5.74) is 4.26. The number of nitrogens with zero attached hydrogens (tertiary/aromatic N) is 1. The maximum Gasteiger partial charge on any atom is 0.416 e. The predicted octanol–water partition coefficient (Wildman–Crippen LogP) is 3.52. The summed E-state index contributed by atoms with van der Waals surface area (Å²) in [5, 5.41) is 0. The molecule has 3 nitrogen and oxygen atoms in total. The van der Waals surface area contributed by atoms with Crippen LogP contribution >= 0.6 is 0 Å². The molecule has 19 heavy (non-hydrogen) atoms. The van der Waals surface area contributed by atoms with Crippen molar-refractivity contribution in [2.75, 3.05) is 0 Å². The van der Waals surface area contributed by atoms with Gasteiger partial charge in [-0.2, -0.15) is 13.2 Å². The molecule has 0 bridgehead atoms. The van der Waals surface area contributed by atoms with Gasteiger partial charge in [0, 0.05) is 0 Å². The summed E-state index contributed by atoms with van der Waals surface area (Å²) in [4.78, 5) is 3.79. The molecule has 0 saturated carbocycles.